The maximum absolute atomic E-state index is 14.9. The average Bonchev–Trinajstić information content (AvgIpc) is 2.81. The second-order valence-electron chi connectivity index (χ2n) is 8.77. The van der Waals surface area contributed by atoms with Crippen molar-refractivity contribution in [1.29, 1.82) is 0 Å². The van der Waals surface area contributed by atoms with Crippen molar-refractivity contribution in [3.63, 3.8) is 0 Å². The van der Waals surface area contributed by atoms with Crippen LogP contribution in [0.3, 0.4) is 0 Å². The third kappa shape index (κ3) is 5.30. The van der Waals surface area contributed by atoms with Gasteiger partial charge in [0.2, 0.25) is 0 Å². The smallest absolute Gasteiger partial charge is 0.174 e. The molecule has 1 aliphatic rings. The van der Waals surface area contributed by atoms with Gasteiger partial charge >= 0.3 is 0 Å². The Morgan fingerprint density at radius 2 is 1.58 bits per heavy atom. The molecule has 0 aromatic heterocycles. The predicted octanol–water partition coefficient (Wildman–Crippen LogP) is 8.43. The van der Waals surface area contributed by atoms with E-state index in [0.717, 1.165) is 37.1 Å². The van der Waals surface area contributed by atoms with Gasteiger partial charge in [-0.25, -0.2) is 17.6 Å². The first kappa shape index (κ1) is 23.1. The Balaban J connectivity index is 1.53. The zero-order valence-electron chi connectivity index (χ0n) is 18.6. The van der Waals surface area contributed by atoms with E-state index in [1.54, 1.807) is 24.3 Å². The lowest BCUT2D eigenvalue weighted by atomic mass is 9.76. The molecule has 33 heavy (non-hydrogen) atoms. The standard InChI is InChI=1S/C29H26F4/c1-2-3-4-5-19-6-10-21(11-7-19)27-26(31)18-24(28(32)29(27)33)13-9-20-8-12-23-17-25(30)15-14-22(23)16-20/h2-3,8,12,14-19,21H,4-7,10-11H2,1H3/b3-2+. The van der Waals surface area contributed by atoms with Crippen molar-refractivity contribution in [1.82, 2.24) is 0 Å². The molecule has 0 saturated heterocycles. The third-order valence-corrected chi connectivity index (χ3v) is 6.57. The number of benzene rings is 3. The van der Waals surface area contributed by atoms with Crippen molar-refractivity contribution in [3.05, 3.63) is 94.6 Å². The van der Waals surface area contributed by atoms with Crippen molar-refractivity contribution in [2.75, 3.05) is 0 Å². The fourth-order valence-corrected chi connectivity index (χ4v) is 4.75. The Morgan fingerprint density at radius 1 is 0.848 bits per heavy atom. The molecule has 0 heterocycles. The first-order valence-corrected chi connectivity index (χ1v) is 11.5. The van der Waals surface area contributed by atoms with Gasteiger partial charge in [0.1, 0.15) is 11.6 Å². The summed E-state index contributed by atoms with van der Waals surface area (Å²) in [5.41, 5.74) is 0.111. The van der Waals surface area contributed by atoms with Gasteiger partial charge in [0.15, 0.2) is 11.6 Å². The normalized spacial score (nSPS) is 18.5. The van der Waals surface area contributed by atoms with Crippen LogP contribution < -0.4 is 0 Å². The van der Waals surface area contributed by atoms with Gasteiger partial charge in [0.05, 0.1) is 5.56 Å². The van der Waals surface area contributed by atoms with E-state index in [9.17, 15) is 17.6 Å². The monoisotopic (exact) mass is 450 g/mol. The van der Waals surface area contributed by atoms with E-state index >= 15 is 0 Å². The minimum absolute atomic E-state index is 0.141. The summed E-state index contributed by atoms with van der Waals surface area (Å²) in [6, 6.07) is 10.5. The molecule has 4 rings (SSSR count). The number of fused-ring (bicyclic) bond motifs is 1. The van der Waals surface area contributed by atoms with Crippen molar-refractivity contribution in [2.45, 2.75) is 51.4 Å². The Labute approximate surface area is 192 Å². The second kappa shape index (κ2) is 10.3. The first-order valence-electron chi connectivity index (χ1n) is 11.5. The van der Waals surface area contributed by atoms with Crippen LogP contribution in [0.2, 0.25) is 0 Å². The Bertz CT molecular complexity index is 1240. The van der Waals surface area contributed by atoms with E-state index in [2.05, 4.69) is 17.9 Å². The van der Waals surface area contributed by atoms with Gasteiger partial charge in [-0.2, -0.15) is 0 Å². The Hall–Kier alpha value is -3.06. The fraction of sp³-hybridized carbons (Fsp3) is 0.310. The molecular formula is C29H26F4. The zero-order valence-corrected chi connectivity index (χ0v) is 18.6. The molecule has 0 amide bonds. The van der Waals surface area contributed by atoms with Crippen molar-refractivity contribution >= 4 is 10.8 Å². The van der Waals surface area contributed by atoms with Gasteiger partial charge < -0.3 is 0 Å². The molecule has 1 fully saturated rings. The SMILES string of the molecule is C/C=C/CCC1CCC(c2c(F)cc(C#Cc3ccc4cc(F)ccc4c3)c(F)c2F)CC1. The van der Waals surface area contributed by atoms with Crippen LogP contribution in [-0.2, 0) is 0 Å². The van der Waals surface area contributed by atoms with Crippen LogP contribution in [0.15, 0.2) is 54.6 Å². The van der Waals surface area contributed by atoms with E-state index in [1.165, 1.54) is 12.1 Å². The molecule has 0 atom stereocenters. The molecule has 0 aliphatic heterocycles. The third-order valence-electron chi connectivity index (χ3n) is 6.57. The van der Waals surface area contributed by atoms with Crippen LogP contribution >= 0.6 is 0 Å². The van der Waals surface area contributed by atoms with E-state index in [1.807, 2.05) is 13.0 Å². The molecule has 0 nitrogen and oxygen atoms in total. The van der Waals surface area contributed by atoms with Crippen LogP contribution in [0.4, 0.5) is 17.6 Å². The lowest BCUT2D eigenvalue weighted by molar-refractivity contribution is 0.301. The van der Waals surface area contributed by atoms with E-state index in [-0.39, 0.29) is 22.9 Å². The van der Waals surface area contributed by atoms with Crippen LogP contribution in [0, 0.1) is 41.0 Å². The number of hydrogen-bond acceptors (Lipinski definition) is 0. The average molecular weight is 451 g/mol. The molecule has 0 bridgehead atoms. The maximum Gasteiger partial charge on any atom is 0.174 e. The zero-order chi connectivity index (χ0) is 23.4. The molecule has 3 aromatic carbocycles. The second-order valence-corrected chi connectivity index (χ2v) is 8.77. The molecule has 4 heteroatoms. The summed E-state index contributed by atoms with van der Waals surface area (Å²) in [7, 11) is 0. The molecule has 0 unspecified atom stereocenters. The summed E-state index contributed by atoms with van der Waals surface area (Å²) in [5, 5.41) is 1.49. The summed E-state index contributed by atoms with van der Waals surface area (Å²) in [6.45, 7) is 2.00. The number of allylic oxidation sites excluding steroid dienone is 2. The lowest BCUT2D eigenvalue weighted by Crippen LogP contribution is -2.16. The summed E-state index contributed by atoms with van der Waals surface area (Å²) >= 11 is 0. The van der Waals surface area contributed by atoms with Gasteiger partial charge in [-0.3, -0.25) is 0 Å². The van der Waals surface area contributed by atoms with Gasteiger partial charge in [0, 0.05) is 11.1 Å². The number of rotatable bonds is 4. The van der Waals surface area contributed by atoms with Crippen LogP contribution in [0.5, 0.6) is 0 Å². The van der Waals surface area contributed by atoms with E-state index in [4.69, 9.17) is 0 Å². The highest BCUT2D eigenvalue weighted by Crippen LogP contribution is 2.40. The number of halogens is 4. The highest BCUT2D eigenvalue weighted by atomic mass is 19.2. The van der Waals surface area contributed by atoms with Crippen LogP contribution in [-0.4, -0.2) is 0 Å². The van der Waals surface area contributed by atoms with Gasteiger partial charge in [-0.1, -0.05) is 36.1 Å². The predicted molar refractivity (Wildman–Crippen MR) is 125 cm³/mol. The van der Waals surface area contributed by atoms with E-state index < -0.39 is 17.5 Å². The highest BCUT2D eigenvalue weighted by molar-refractivity contribution is 5.84. The van der Waals surface area contributed by atoms with Crippen LogP contribution in [0.1, 0.15) is 68.1 Å². The summed E-state index contributed by atoms with van der Waals surface area (Å²) in [6.07, 6.45) is 9.39. The quantitative estimate of drug-likeness (QED) is 0.162. The molecule has 3 aromatic rings. The van der Waals surface area contributed by atoms with Gasteiger partial charge in [-0.05, 0) is 98.4 Å². The molecule has 0 N–H and O–H groups in total. The highest BCUT2D eigenvalue weighted by Gasteiger charge is 2.29. The number of hydrogen-bond donors (Lipinski definition) is 0. The summed E-state index contributed by atoms with van der Waals surface area (Å²) in [5.74, 6) is 2.30. The Kier molecular flexibility index (Phi) is 7.18. The van der Waals surface area contributed by atoms with Gasteiger partial charge in [-0.15, -0.1) is 0 Å². The Morgan fingerprint density at radius 3 is 2.33 bits per heavy atom. The molecular weight excluding hydrogens is 424 g/mol. The largest absolute Gasteiger partial charge is 0.207 e. The molecule has 1 aliphatic carbocycles. The van der Waals surface area contributed by atoms with E-state index in [0.29, 0.717) is 29.7 Å². The van der Waals surface area contributed by atoms with Crippen molar-refractivity contribution in [2.24, 2.45) is 5.92 Å². The minimum atomic E-state index is -1.12. The lowest BCUT2D eigenvalue weighted by Gasteiger charge is -2.29. The maximum atomic E-state index is 14.9. The summed E-state index contributed by atoms with van der Waals surface area (Å²) < 4.78 is 57.9. The fourth-order valence-electron chi connectivity index (χ4n) is 4.75. The van der Waals surface area contributed by atoms with Crippen molar-refractivity contribution < 1.29 is 17.6 Å². The summed E-state index contributed by atoms with van der Waals surface area (Å²) in [4.78, 5) is 0. The van der Waals surface area contributed by atoms with Crippen LogP contribution in [0.25, 0.3) is 10.8 Å². The molecule has 170 valence electrons. The minimum Gasteiger partial charge on any atom is -0.207 e. The molecule has 0 spiro atoms. The van der Waals surface area contributed by atoms with Gasteiger partial charge in [0.25, 0.3) is 0 Å². The topological polar surface area (TPSA) is 0 Å². The molecule has 0 radical (unpaired) electrons. The first-order chi connectivity index (χ1) is 16.0. The molecule has 1 saturated carbocycles. The van der Waals surface area contributed by atoms with Crippen molar-refractivity contribution in [3.8, 4) is 11.8 Å².